The van der Waals surface area contributed by atoms with Crippen LogP contribution in [0.2, 0.25) is 5.02 Å². The number of carbonyl (C=O) groups is 1. The zero-order valence-corrected chi connectivity index (χ0v) is 14.2. The number of rotatable bonds is 6. The van der Waals surface area contributed by atoms with Crippen LogP contribution < -0.4 is 14.8 Å². The van der Waals surface area contributed by atoms with Crippen LogP contribution in [0.25, 0.3) is 0 Å². The van der Waals surface area contributed by atoms with E-state index in [4.69, 9.17) is 21.1 Å². The third kappa shape index (κ3) is 4.39. The molecule has 0 unspecified atom stereocenters. The van der Waals surface area contributed by atoms with Gasteiger partial charge in [-0.15, -0.1) is 0 Å². The molecule has 0 radical (unpaired) electrons. The van der Waals surface area contributed by atoms with E-state index < -0.39 is 0 Å². The van der Waals surface area contributed by atoms with E-state index in [1.165, 1.54) is 19.8 Å². The molecule has 122 valence electrons. The van der Waals surface area contributed by atoms with Crippen LogP contribution in [0.5, 0.6) is 11.5 Å². The summed E-state index contributed by atoms with van der Waals surface area (Å²) in [5.41, 5.74) is 2.74. The van der Waals surface area contributed by atoms with Crippen LogP contribution in [0.4, 0.5) is 5.69 Å². The number of hydrogen-bond acceptors (Lipinski definition) is 3. The van der Waals surface area contributed by atoms with Crippen molar-refractivity contribution < 1.29 is 14.3 Å². The molecule has 0 aliphatic heterocycles. The lowest BCUT2D eigenvalue weighted by Crippen LogP contribution is -2.15. The van der Waals surface area contributed by atoms with Gasteiger partial charge in [-0.1, -0.05) is 42.8 Å². The Labute approximate surface area is 141 Å². The third-order valence-corrected chi connectivity index (χ3v) is 3.84. The Morgan fingerprint density at radius 1 is 1.04 bits per heavy atom. The number of anilines is 1. The fraction of sp³-hybridized carbons (Fsp3) is 0.278. The number of nitrogens with one attached hydrogen (secondary N) is 1. The monoisotopic (exact) mass is 333 g/mol. The zero-order chi connectivity index (χ0) is 16.8. The Bertz CT molecular complexity index is 683. The van der Waals surface area contributed by atoms with E-state index in [-0.39, 0.29) is 12.3 Å². The Kier molecular flexibility index (Phi) is 5.88. The maximum atomic E-state index is 12.2. The minimum Gasteiger partial charge on any atom is -0.495 e. The molecule has 0 aliphatic carbocycles. The highest BCUT2D eigenvalue weighted by molar-refractivity contribution is 6.32. The van der Waals surface area contributed by atoms with Gasteiger partial charge in [0, 0.05) is 12.1 Å². The van der Waals surface area contributed by atoms with Crippen LogP contribution in [-0.2, 0) is 17.6 Å². The molecule has 0 atom stereocenters. The van der Waals surface area contributed by atoms with E-state index in [2.05, 4.69) is 12.2 Å². The summed E-state index contributed by atoms with van der Waals surface area (Å²) in [4.78, 5) is 12.2. The number of aryl methyl sites for hydroxylation is 1. The van der Waals surface area contributed by atoms with Crippen molar-refractivity contribution in [3.63, 3.8) is 0 Å². The fourth-order valence-corrected chi connectivity index (χ4v) is 2.46. The zero-order valence-electron chi connectivity index (χ0n) is 13.5. The molecule has 0 saturated heterocycles. The van der Waals surface area contributed by atoms with Crippen molar-refractivity contribution in [1.82, 2.24) is 0 Å². The molecule has 0 spiro atoms. The van der Waals surface area contributed by atoms with E-state index in [0.717, 1.165) is 12.0 Å². The molecule has 2 rings (SSSR count). The molecule has 23 heavy (non-hydrogen) atoms. The maximum Gasteiger partial charge on any atom is 0.228 e. The van der Waals surface area contributed by atoms with Crippen molar-refractivity contribution >= 4 is 23.2 Å². The second-order valence-corrected chi connectivity index (χ2v) is 5.49. The Hall–Kier alpha value is -2.20. The number of ether oxygens (including phenoxy) is 2. The summed E-state index contributed by atoms with van der Waals surface area (Å²) < 4.78 is 10.4. The fourth-order valence-electron chi connectivity index (χ4n) is 2.23. The van der Waals surface area contributed by atoms with E-state index in [1.807, 2.05) is 24.3 Å². The molecule has 4 nitrogen and oxygen atoms in total. The van der Waals surface area contributed by atoms with Gasteiger partial charge in [0.25, 0.3) is 0 Å². The summed E-state index contributed by atoms with van der Waals surface area (Å²) in [7, 11) is 3.05. The van der Waals surface area contributed by atoms with E-state index >= 15 is 0 Å². The molecule has 0 aromatic heterocycles. The predicted molar refractivity (Wildman–Crippen MR) is 92.7 cm³/mol. The van der Waals surface area contributed by atoms with E-state index in [0.29, 0.717) is 22.2 Å². The van der Waals surface area contributed by atoms with Crippen molar-refractivity contribution in [2.24, 2.45) is 0 Å². The van der Waals surface area contributed by atoms with Crippen molar-refractivity contribution in [3.8, 4) is 11.5 Å². The summed E-state index contributed by atoms with van der Waals surface area (Å²) in [6.45, 7) is 2.10. The summed E-state index contributed by atoms with van der Waals surface area (Å²) in [6.07, 6.45) is 1.27. The molecular formula is C18H20ClNO3. The molecule has 1 amide bonds. The first kappa shape index (κ1) is 17.2. The smallest absolute Gasteiger partial charge is 0.228 e. The minimum atomic E-state index is -0.128. The number of amides is 1. The first-order chi connectivity index (χ1) is 11.1. The predicted octanol–water partition coefficient (Wildman–Crippen LogP) is 4.10. The average molecular weight is 334 g/mol. The lowest BCUT2D eigenvalue weighted by molar-refractivity contribution is -0.115. The summed E-state index contributed by atoms with van der Waals surface area (Å²) >= 11 is 6.06. The molecule has 2 aromatic carbocycles. The number of carbonyl (C=O) groups excluding carboxylic acids is 1. The number of halogens is 1. The molecular weight excluding hydrogens is 314 g/mol. The van der Waals surface area contributed by atoms with Crippen molar-refractivity contribution in [2.75, 3.05) is 19.5 Å². The van der Waals surface area contributed by atoms with Crippen LogP contribution in [-0.4, -0.2) is 20.1 Å². The molecule has 0 heterocycles. The SMILES string of the molecule is CCc1ccc(CC(=O)Nc2cc(OC)c(Cl)cc2OC)cc1. The van der Waals surface area contributed by atoms with Gasteiger partial charge < -0.3 is 14.8 Å². The topological polar surface area (TPSA) is 47.6 Å². The summed E-state index contributed by atoms with van der Waals surface area (Å²) in [5.74, 6) is 0.845. The van der Waals surface area contributed by atoms with E-state index in [9.17, 15) is 4.79 Å². The quantitative estimate of drug-likeness (QED) is 0.865. The second kappa shape index (κ2) is 7.88. The molecule has 2 aromatic rings. The lowest BCUT2D eigenvalue weighted by atomic mass is 10.1. The molecule has 0 fully saturated rings. The summed E-state index contributed by atoms with van der Waals surface area (Å²) in [5, 5.41) is 3.27. The first-order valence-corrected chi connectivity index (χ1v) is 7.74. The van der Waals surface area contributed by atoms with E-state index in [1.54, 1.807) is 12.1 Å². The van der Waals surface area contributed by atoms with Crippen LogP contribution in [0.3, 0.4) is 0 Å². The highest BCUT2D eigenvalue weighted by Gasteiger charge is 2.13. The van der Waals surface area contributed by atoms with Gasteiger partial charge in [-0.3, -0.25) is 4.79 Å². The molecule has 5 heteroatoms. The first-order valence-electron chi connectivity index (χ1n) is 7.36. The van der Waals surface area contributed by atoms with Gasteiger partial charge >= 0.3 is 0 Å². The van der Waals surface area contributed by atoms with Crippen molar-refractivity contribution in [1.29, 1.82) is 0 Å². The Balaban J connectivity index is 2.12. The number of benzene rings is 2. The highest BCUT2D eigenvalue weighted by Crippen LogP contribution is 2.35. The van der Waals surface area contributed by atoms with Gasteiger partial charge in [0.2, 0.25) is 5.91 Å². The van der Waals surface area contributed by atoms with Gasteiger partial charge in [-0.2, -0.15) is 0 Å². The minimum absolute atomic E-state index is 0.128. The Morgan fingerprint density at radius 2 is 1.65 bits per heavy atom. The van der Waals surface area contributed by atoms with Crippen LogP contribution in [0, 0.1) is 0 Å². The maximum absolute atomic E-state index is 12.2. The van der Waals surface area contributed by atoms with Crippen LogP contribution >= 0.6 is 11.6 Å². The number of methoxy groups -OCH3 is 2. The standard InChI is InChI=1S/C18H20ClNO3/c1-4-12-5-7-13(8-6-12)9-18(21)20-15-11-16(22-2)14(19)10-17(15)23-3/h5-8,10-11H,4,9H2,1-3H3,(H,20,21). The van der Waals surface area contributed by atoms with Crippen molar-refractivity contribution in [2.45, 2.75) is 19.8 Å². The third-order valence-electron chi connectivity index (χ3n) is 3.54. The normalized spacial score (nSPS) is 10.3. The van der Waals surface area contributed by atoms with Crippen molar-refractivity contribution in [3.05, 3.63) is 52.5 Å². The van der Waals surface area contributed by atoms with Crippen LogP contribution in [0.1, 0.15) is 18.1 Å². The van der Waals surface area contributed by atoms with Gasteiger partial charge in [0.05, 0.1) is 31.4 Å². The molecule has 1 N–H and O–H groups in total. The van der Waals surface area contributed by atoms with Gasteiger partial charge in [-0.05, 0) is 17.5 Å². The Morgan fingerprint density at radius 3 is 2.22 bits per heavy atom. The molecule has 0 aliphatic rings. The number of hydrogen-bond donors (Lipinski definition) is 1. The molecule has 0 saturated carbocycles. The lowest BCUT2D eigenvalue weighted by Gasteiger charge is -2.13. The summed E-state index contributed by atoms with van der Waals surface area (Å²) in [6, 6.07) is 11.3. The van der Waals surface area contributed by atoms with Gasteiger partial charge in [0.1, 0.15) is 11.5 Å². The van der Waals surface area contributed by atoms with Crippen LogP contribution in [0.15, 0.2) is 36.4 Å². The highest BCUT2D eigenvalue weighted by atomic mass is 35.5. The van der Waals surface area contributed by atoms with Gasteiger partial charge in [-0.25, -0.2) is 0 Å². The average Bonchev–Trinajstić information content (AvgIpc) is 2.56. The second-order valence-electron chi connectivity index (χ2n) is 5.08. The molecule has 0 bridgehead atoms. The largest absolute Gasteiger partial charge is 0.495 e. The van der Waals surface area contributed by atoms with Gasteiger partial charge in [0.15, 0.2) is 0 Å².